The summed E-state index contributed by atoms with van der Waals surface area (Å²) in [7, 11) is 1.47. The van der Waals surface area contributed by atoms with Crippen LogP contribution in [0, 0.1) is 0 Å². The van der Waals surface area contributed by atoms with Crippen LogP contribution in [0.2, 0.25) is 0 Å². The summed E-state index contributed by atoms with van der Waals surface area (Å²) in [5.74, 6) is -1.92. The van der Waals surface area contributed by atoms with Crippen LogP contribution in [0.5, 0.6) is 0 Å². The number of aliphatic carboxylic acids is 1. The highest BCUT2D eigenvalue weighted by molar-refractivity contribution is 5.86. The zero-order chi connectivity index (χ0) is 11.8. The molecule has 0 heterocycles. The maximum atomic E-state index is 11.3. The Morgan fingerprint density at radius 1 is 1.53 bits per heavy atom. The van der Waals surface area contributed by atoms with Gasteiger partial charge in [-0.3, -0.25) is 4.79 Å². The van der Waals surface area contributed by atoms with E-state index in [1.54, 1.807) is 0 Å². The van der Waals surface area contributed by atoms with Crippen LogP contribution in [0.1, 0.15) is 6.42 Å². The molecule has 88 valence electrons. The molecule has 2 unspecified atom stereocenters. The average Bonchev–Trinajstić information content (AvgIpc) is 2.21. The van der Waals surface area contributed by atoms with Crippen LogP contribution in [-0.2, 0) is 14.3 Å². The molecule has 0 aromatic rings. The van der Waals surface area contributed by atoms with Crippen molar-refractivity contribution in [3.8, 4) is 0 Å². The van der Waals surface area contributed by atoms with Gasteiger partial charge in [0.2, 0.25) is 5.91 Å². The second-order valence-corrected chi connectivity index (χ2v) is 2.97. The van der Waals surface area contributed by atoms with Crippen molar-refractivity contribution in [1.29, 1.82) is 0 Å². The van der Waals surface area contributed by atoms with Gasteiger partial charge in [0, 0.05) is 13.7 Å². The monoisotopic (exact) mass is 220 g/mol. The topological polar surface area (TPSA) is 122 Å². The van der Waals surface area contributed by atoms with E-state index in [9.17, 15) is 9.59 Å². The first-order valence-electron chi connectivity index (χ1n) is 4.41. The number of nitrogens with two attached hydrogens (primary N) is 1. The lowest BCUT2D eigenvalue weighted by atomic mass is 10.2. The van der Waals surface area contributed by atoms with Crippen molar-refractivity contribution >= 4 is 11.9 Å². The molecular formula is C8H16N2O5. The van der Waals surface area contributed by atoms with Crippen LogP contribution in [0.25, 0.3) is 0 Å². The normalized spacial score (nSPS) is 14.3. The molecule has 0 saturated carbocycles. The molecule has 15 heavy (non-hydrogen) atoms. The number of carbonyl (C=O) groups is 2. The molecule has 0 saturated heterocycles. The summed E-state index contributed by atoms with van der Waals surface area (Å²) in [4.78, 5) is 21.7. The molecule has 0 aromatic carbocycles. The highest BCUT2D eigenvalue weighted by Crippen LogP contribution is 1.91. The molecule has 0 radical (unpaired) electrons. The van der Waals surface area contributed by atoms with Crippen molar-refractivity contribution in [2.75, 3.05) is 20.3 Å². The Kier molecular flexibility index (Phi) is 6.59. The number of carboxylic acid groups (broad SMARTS) is 1. The summed E-state index contributed by atoms with van der Waals surface area (Å²) < 4.78 is 4.72. The Labute approximate surface area is 87.2 Å². The Balaban J connectivity index is 4.04. The molecule has 7 heteroatoms. The van der Waals surface area contributed by atoms with Gasteiger partial charge in [-0.1, -0.05) is 0 Å². The molecular weight excluding hydrogens is 204 g/mol. The molecule has 0 bridgehead atoms. The third kappa shape index (κ3) is 5.31. The van der Waals surface area contributed by atoms with Crippen LogP contribution in [0.4, 0.5) is 0 Å². The van der Waals surface area contributed by atoms with E-state index < -0.39 is 30.6 Å². The summed E-state index contributed by atoms with van der Waals surface area (Å²) in [6.07, 6.45) is 0.292. The fourth-order valence-corrected chi connectivity index (χ4v) is 0.840. The second kappa shape index (κ2) is 7.16. The molecule has 5 N–H and O–H groups in total. The Bertz CT molecular complexity index is 221. The average molecular weight is 220 g/mol. The predicted octanol–water partition coefficient (Wildman–Crippen LogP) is -2.09. The number of methoxy groups -OCH3 is 1. The van der Waals surface area contributed by atoms with Crippen LogP contribution in [0.3, 0.4) is 0 Å². The van der Waals surface area contributed by atoms with Crippen LogP contribution < -0.4 is 11.1 Å². The minimum Gasteiger partial charge on any atom is -0.480 e. The number of amides is 1. The van der Waals surface area contributed by atoms with Gasteiger partial charge < -0.3 is 26.0 Å². The fraction of sp³-hybridized carbons (Fsp3) is 0.750. The van der Waals surface area contributed by atoms with Crippen molar-refractivity contribution in [3.05, 3.63) is 0 Å². The summed E-state index contributed by atoms with van der Waals surface area (Å²) in [5, 5.41) is 19.3. The minimum atomic E-state index is -1.31. The van der Waals surface area contributed by atoms with Crippen LogP contribution in [-0.4, -0.2) is 54.5 Å². The van der Waals surface area contributed by atoms with Gasteiger partial charge >= 0.3 is 5.97 Å². The van der Waals surface area contributed by atoms with Crippen molar-refractivity contribution in [2.45, 2.75) is 18.5 Å². The van der Waals surface area contributed by atoms with E-state index in [-0.39, 0.29) is 0 Å². The van der Waals surface area contributed by atoms with Gasteiger partial charge in [-0.25, -0.2) is 4.79 Å². The van der Waals surface area contributed by atoms with E-state index in [1.165, 1.54) is 7.11 Å². The number of aliphatic hydroxyl groups excluding tert-OH is 1. The maximum absolute atomic E-state index is 11.3. The Morgan fingerprint density at radius 3 is 2.53 bits per heavy atom. The zero-order valence-electron chi connectivity index (χ0n) is 8.47. The number of hydrogen-bond acceptors (Lipinski definition) is 5. The van der Waals surface area contributed by atoms with E-state index in [2.05, 4.69) is 5.32 Å². The SMILES string of the molecule is COCCC(N)C(=O)NC(CO)C(=O)O. The highest BCUT2D eigenvalue weighted by Gasteiger charge is 2.21. The van der Waals surface area contributed by atoms with E-state index in [4.69, 9.17) is 20.7 Å². The lowest BCUT2D eigenvalue weighted by molar-refractivity contribution is -0.143. The minimum absolute atomic E-state index is 0.292. The number of carbonyl (C=O) groups excluding carboxylic acids is 1. The maximum Gasteiger partial charge on any atom is 0.328 e. The first-order chi connectivity index (χ1) is 7.02. The number of ether oxygens (including phenoxy) is 1. The van der Waals surface area contributed by atoms with E-state index in [1.807, 2.05) is 0 Å². The summed E-state index contributed by atoms with van der Waals surface area (Å²) in [6.45, 7) is -0.358. The van der Waals surface area contributed by atoms with Crippen molar-refractivity contribution in [3.63, 3.8) is 0 Å². The van der Waals surface area contributed by atoms with Gasteiger partial charge in [-0.2, -0.15) is 0 Å². The van der Waals surface area contributed by atoms with Crippen LogP contribution >= 0.6 is 0 Å². The number of aliphatic hydroxyl groups is 1. The van der Waals surface area contributed by atoms with Gasteiger partial charge in [0.1, 0.15) is 6.04 Å². The van der Waals surface area contributed by atoms with E-state index in [0.717, 1.165) is 0 Å². The molecule has 0 aliphatic carbocycles. The zero-order valence-corrected chi connectivity index (χ0v) is 8.47. The second-order valence-electron chi connectivity index (χ2n) is 2.97. The molecule has 0 aliphatic rings. The largest absolute Gasteiger partial charge is 0.480 e. The predicted molar refractivity (Wildman–Crippen MR) is 51.1 cm³/mol. The van der Waals surface area contributed by atoms with Crippen molar-refractivity contribution < 1.29 is 24.5 Å². The fourth-order valence-electron chi connectivity index (χ4n) is 0.840. The summed E-state index contributed by atoms with van der Waals surface area (Å²) in [6, 6.07) is -2.15. The molecule has 0 aliphatic heterocycles. The molecule has 0 rings (SSSR count). The molecule has 2 atom stereocenters. The molecule has 0 fully saturated rings. The summed E-state index contributed by atoms with van der Waals surface area (Å²) in [5.41, 5.74) is 5.44. The van der Waals surface area contributed by atoms with Gasteiger partial charge in [-0.15, -0.1) is 0 Å². The number of nitrogens with one attached hydrogen (secondary N) is 1. The summed E-state index contributed by atoms with van der Waals surface area (Å²) >= 11 is 0. The molecule has 0 aromatic heterocycles. The highest BCUT2D eigenvalue weighted by atomic mass is 16.5. The Morgan fingerprint density at radius 2 is 2.13 bits per heavy atom. The number of carboxylic acids is 1. The lowest BCUT2D eigenvalue weighted by Gasteiger charge is -2.15. The number of rotatable bonds is 7. The standard InChI is InChI=1S/C8H16N2O5/c1-15-3-2-5(9)7(12)10-6(4-11)8(13)14/h5-6,11H,2-4,9H2,1H3,(H,10,12)(H,13,14). The van der Waals surface area contributed by atoms with Gasteiger partial charge in [-0.05, 0) is 6.42 Å². The molecule has 1 amide bonds. The van der Waals surface area contributed by atoms with Gasteiger partial charge in [0.25, 0.3) is 0 Å². The molecule has 7 nitrogen and oxygen atoms in total. The lowest BCUT2D eigenvalue weighted by Crippen LogP contribution is -2.50. The van der Waals surface area contributed by atoms with Gasteiger partial charge in [0.05, 0.1) is 12.6 Å². The van der Waals surface area contributed by atoms with E-state index >= 15 is 0 Å². The first-order valence-corrected chi connectivity index (χ1v) is 4.41. The van der Waals surface area contributed by atoms with Crippen LogP contribution in [0.15, 0.2) is 0 Å². The van der Waals surface area contributed by atoms with E-state index in [0.29, 0.717) is 13.0 Å². The van der Waals surface area contributed by atoms with Crippen molar-refractivity contribution in [1.82, 2.24) is 5.32 Å². The third-order valence-electron chi connectivity index (χ3n) is 1.77. The van der Waals surface area contributed by atoms with Crippen molar-refractivity contribution in [2.24, 2.45) is 5.73 Å². The molecule has 0 spiro atoms. The third-order valence-corrected chi connectivity index (χ3v) is 1.77. The first kappa shape index (κ1) is 13.8. The Hall–Kier alpha value is -1.18. The quantitative estimate of drug-likeness (QED) is 0.390. The van der Waals surface area contributed by atoms with Gasteiger partial charge in [0.15, 0.2) is 0 Å². The smallest absolute Gasteiger partial charge is 0.328 e. The number of hydrogen-bond donors (Lipinski definition) is 4.